The van der Waals surface area contributed by atoms with E-state index in [-0.39, 0.29) is 34.1 Å². The normalized spacial score (nSPS) is 39.5. The van der Waals surface area contributed by atoms with E-state index in [0.29, 0.717) is 49.1 Å². The first-order chi connectivity index (χ1) is 21.7. The van der Waals surface area contributed by atoms with E-state index in [9.17, 15) is 19.8 Å². The smallest absolute Gasteiger partial charge is 0.331 e. The van der Waals surface area contributed by atoms with Crippen molar-refractivity contribution in [3.8, 4) is 0 Å². The van der Waals surface area contributed by atoms with Crippen molar-refractivity contribution in [2.24, 2.45) is 45.7 Å². The standard InChI is InChI=1S/C38H65N3O5/c1-24(2)12-10-13-27(35(44)45)33-29-22-31(43)34-36(5)16-15-30(41-21-11-20-40-19-9-8-18-39)25(3)28(36)14-17-37(34,6)38(29,7)23-32(33)46-26(4)42/h12,25,28-32,34,40-41,43H,8-11,13-23,39H2,1-7H3,(H,44,45)/b33-27-/t25-,28-,29-,30-,31+,32-,34-,36-,37-,38-/m0/s1. The number of aliphatic hydroxyl groups is 1. The van der Waals surface area contributed by atoms with Crippen molar-refractivity contribution in [2.75, 3.05) is 26.2 Å². The van der Waals surface area contributed by atoms with E-state index < -0.39 is 18.2 Å². The van der Waals surface area contributed by atoms with E-state index in [0.717, 1.165) is 82.3 Å². The van der Waals surface area contributed by atoms with E-state index >= 15 is 0 Å². The molecular formula is C38H65N3O5. The van der Waals surface area contributed by atoms with Gasteiger partial charge in [-0.15, -0.1) is 0 Å². The van der Waals surface area contributed by atoms with Gasteiger partial charge in [0, 0.05) is 18.5 Å². The Balaban J connectivity index is 1.56. The van der Waals surface area contributed by atoms with Crippen molar-refractivity contribution >= 4 is 11.9 Å². The zero-order valence-electron chi connectivity index (χ0n) is 29.9. The van der Waals surface area contributed by atoms with Crippen molar-refractivity contribution in [3.63, 3.8) is 0 Å². The third kappa shape index (κ3) is 7.16. The largest absolute Gasteiger partial charge is 0.478 e. The topological polar surface area (TPSA) is 134 Å². The van der Waals surface area contributed by atoms with Crippen LogP contribution in [0.5, 0.6) is 0 Å². The summed E-state index contributed by atoms with van der Waals surface area (Å²) in [7, 11) is 0. The lowest BCUT2D eigenvalue weighted by Crippen LogP contribution is -2.66. The van der Waals surface area contributed by atoms with Crippen molar-refractivity contribution in [2.45, 2.75) is 137 Å². The van der Waals surface area contributed by atoms with Gasteiger partial charge in [-0.2, -0.15) is 0 Å². The molecule has 4 saturated carbocycles. The second-order valence-corrected chi connectivity index (χ2v) is 16.2. The zero-order chi connectivity index (χ0) is 33.9. The van der Waals surface area contributed by atoms with E-state index in [2.05, 4.69) is 44.4 Å². The first-order valence-corrected chi connectivity index (χ1v) is 18.3. The average molecular weight is 644 g/mol. The molecule has 0 unspecified atom stereocenters. The maximum absolute atomic E-state index is 12.8. The van der Waals surface area contributed by atoms with Crippen LogP contribution in [0, 0.1) is 39.9 Å². The summed E-state index contributed by atoms with van der Waals surface area (Å²) in [6, 6.07) is 0.483. The Labute approximate surface area is 278 Å². The minimum absolute atomic E-state index is 0.00892. The quantitative estimate of drug-likeness (QED) is 0.0676. The Hall–Kier alpha value is -1.74. The summed E-state index contributed by atoms with van der Waals surface area (Å²) in [5.74, 6) is -0.306. The van der Waals surface area contributed by atoms with E-state index in [1.165, 1.54) is 6.92 Å². The second kappa shape index (κ2) is 15.2. The number of hydrogen-bond acceptors (Lipinski definition) is 7. The van der Waals surface area contributed by atoms with Crippen LogP contribution in [0.25, 0.3) is 0 Å². The third-order valence-electron chi connectivity index (χ3n) is 13.4. The molecule has 4 rings (SSSR count). The average Bonchev–Trinajstić information content (AvgIpc) is 3.24. The van der Waals surface area contributed by atoms with Gasteiger partial charge in [-0.1, -0.05) is 39.3 Å². The summed E-state index contributed by atoms with van der Waals surface area (Å²) < 4.78 is 5.97. The minimum Gasteiger partial charge on any atom is -0.478 e. The van der Waals surface area contributed by atoms with Crippen LogP contribution in [0.1, 0.15) is 119 Å². The third-order valence-corrected chi connectivity index (χ3v) is 13.4. The number of hydrogen-bond donors (Lipinski definition) is 5. The molecule has 0 aromatic carbocycles. The van der Waals surface area contributed by atoms with Crippen LogP contribution < -0.4 is 16.4 Å². The maximum atomic E-state index is 12.8. The lowest BCUT2D eigenvalue weighted by molar-refractivity contribution is -0.227. The Morgan fingerprint density at radius 3 is 2.39 bits per heavy atom. The lowest BCUT2D eigenvalue weighted by Gasteiger charge is -2.69. The van der Waals surface area contributed by atoms with E-state index in [1.54, 1.807) is 0 Å². The number of carboxylic acid groups (broad SMARTS) is 1. The second-order valence-electron chi connectivity index (χ2n) is 16.2. The van der Waals surface area contributed by atoms with Crippen LogP contribution in [0.3, 0.4) is 0 Å². The van der Waals surface area contributed by atoms with Gasteiger partial charge in [0.1, 0.15) is 6.10 Å². The molecule has 4 fully saturated rings. The summed E-state index contributed by atoms with van der Waals surface area (Å²) in [6.45, 7) is 18.9. The van der Waals surface area contributed by atoms with Gasteiger partial charge in [0.25, 0.3) is 0 Å². The molecule has 0 heterocycles. The number of allylic oxidation sites excluding steroid dienone is 2. The van der Waals surface area contributed by atoms with Gasteiger partial charge in [0.15, 0.2) is 0 Å². The van der Waals surface area contributed by atoms with Crippen LogP contribution >= 0.6 is 0 Å². The summed E-state index contributed by atoms with van der Waals surface area (Å²) in [5, 5.41) is 30.1. The van der Waals surface area contributed by atoms with Crippen LogP contribution in [0.4, 0.5) is 0 Å². The molecule has 262 valence electrons. The van der Waals surface area contributed by atoms with Gasteiger partial charge in [0.05, 0.1) is 6.10 Å². The minimum atomic E-state index is -0.932. The maximum Gasteiger partial charge on any atom is 0.331 e. The molecule has 4 aliphatic carbocycles. The molecule has 4 aliphatic rings. The molecule has 0 spiro atoms. The Kier molecular flexibility index (Phi) is 12.3. The molecule has 0 radical (unpaired) electrons. The molecule has 0 aromatic heterocycles. The summed E-state index contributed by atoms with van der Waals surface area (Å²) in [4.78, 5) is 25.2. The number of rotatable bonds is 14. The van der Waals surface area contributed by atoms with E-state index in [1.807, 2.05) is 13.8 Å². The molecule has 10 atom stereocenters. The molecule has 6 N–H and O–H groups in total. The fourth-order valence-corrected chi connectivity index (χ4v) is 11.1. The predicted molar refractivity (Wildman–Crippen MR) is 184 cm³/mol. The predicted octanol–water partition coefficient (Wildman–Crippen LogP) is 5.98. The Morgan fingerprint density at radius 2 is 1.74 bits per heavy atom. The van der Waals surface area contributed by atoms with Crippen LogP contribution in [0.2, 0.25) is 0 Å². The fourth-order valence-electron chi connectivity index (χ4n) is 11.1. The molecule has 0 aromatic rings. The molecule has 0 aliphatic heterocycles. The first kappa shape index (κ1) is 37.1. The lowest BCUT2D eigenvalue weighted by atomic mass is 9.36. The van der Waals surface area contributed by atoms with Crippen LogP contribution in [-0.4, -0.2) is 66.6 Å². The highest BCUT2D eigenvalue weighted by Crippen LogP contribution is 2.74. The Morgan fingerprint density at radius 1 is 1.02 bits per heavy atom. The van der Waals surface area contributed by atoms with Crippen LogP contribution in [0.15, 0.2) is 22.8 Å². The van der Waals surface area contributed by atoms with Crippen molar-refractivity contribution in [1.29, 1.82) is 0 Å². The number of carbonyl (C=O) groups is 2. The number of fused-ring (bicyclic) bond motifs is 5. The molecule has 0 saturated heterocycles. The van der Waals surface area contributed by atoms with Crippen LogP contribution in [-0.2, 0) is 14.3 Å². The van der Waals surface area contributed by atoms with Gasteiger partial charge in [-0.25, -0.2) is 4.79 Å². The molecule has 46 heavy (non-hydrogen) atoms. The first-order valence-electron chi connectivity index (χ1n) is 18.3. The van der Waals surface area contributed by atoms with Gasteiger partial charge < -0.3 is 31.3 Å². The number of ether oxygens (including phenoxy) is 1. The summed E-state index contributed by atoms with van der Waals surface area (Å²) >= 11 is 0. The fraction of sp³-hybridized carbons (Fsp3) is 0.842. The van der Waals surface area contributed by atoms with Crippen molar-refractivity contribution in [3.05, 3.63) is 22.8 Å². The van der Waals surface area contributed by atoms with Gasteiger partial charge in [-0.3, -0.25) is 4.79 Å². The number of nitrogens with two attached hydrogens (primary N) is 1. The Bertz CT molecular complexity index is 1150. The number of aliphatic carboxylic acids is 1. The molecule has 8 heteroatoms. The monoisotopic (exact) mass is 643 g/mol. The highest BCUT2D eigenvalue weighted by Gasteiger charge is 2.70. The number of aliphatic hydroxyl groups excluding tert-OH is 1. The molecule has 0 bridgehead atoms. The number of unbranched alkanes of at least 4 members (excludes halogenated alkanes) is 1. The van der Waals surface area contributed by atoms with Gasteiger partial charge in [-0.05, 0) is 156 Å². The van der Waals surface area contributed by atoms with Crippen molar-refractivity contribution in [1.82, 2.24) is 10.6 Å². The number of esters is 1. The summed E-state index contributed by atoms with van der Waals surface area (Å²) in [5.41, 5.74) is 7.38. The van der Waals surface area contributed by atoms with Gasteiger partial charge >= 0.3 is 11.9 Å². The number of carboxylic acids is 1. The molecular weight excluding hydrogens is 578 g/mol. The SMILES string of the molecule is CC(=O)O[C@H]1C[C@@]2(C)[C@@H](C[C@@H](O)[C@H]3[C@@]4(C)CC[C@H](NCCCNCCCCN)[C@@H](C)[C@@H]4CC[C@@]32C)/C1=C(\CCC=C(C)C)C(=O)O. The summed E-state index contributed by atoms with van der Waals surface area (Å²) in [6.07, 6.45) is 10.7. The number of carbonyl (C=O) groups excluding carboxylic acids is 1. The highest BCUT2D eigenvalue weighted by molar-refractivity contribution is 5.88. The van der Waals surface area contributed by atoms with Crippen molar-refractivity contribution < 1.29 is 24.5 Å². The molecule has 8 nitrogen and oxygen atoms in total. The highest BCUT2D eigenvalue weighted by atomic mass is 16.5. The zero-order valence-corrected chi connectivity index (χ0v) is 29.9. The van der Waals surface area contributed by atoms with Gasteiger partial charge in [0.2, 0.25) is 0 Å². The van der Waals surface area contributed by atoms with E-state index in [4.69, 9.17) is 10.5 Å². The number of nitrogens with one attached hydrogen (secondary N) is 2. The molecule has 0 amide bonds.